The molecule has 0 nitrogen and oxygen atoms in total. The first-order chi connectivity index (χ1) is 4.33. The van der Waals surface area contributed by atoms with E-state index in [1.165, 1.54) is 0 Å². The molecule has 0 amide bonds. The van der Waals surface area contributed by atoms with Crippen LogP contribution in [0.1, 0.15) is 5.56 Å². The molecule has 0 radical (unpaired) electrons. The van der Waals surface area contributed by atoms with Crippen molar-refractivity contribution in [2.75, 3.05) is 0 Å². The quantitative estimate of drug-likeness (QED) is 0.622. The Hall–Kier alpha value is 0.206. The van der Waals surface area contributed by atoms with Crippen LogP contribution in [0.3, 0.4) is 0 Å². The molecule has 10 heavy (non-hydrogen) atoms. The molecule has 0 spiro atoms. The number of halogens is 1. The highest BCUT2D eigenvalue weighted by Crippen LogP contribution is 2.11. The zero-order chi connectivity index (χ0) is 6.69. The lowest BCUT2D eigenvalue weighted by Crippen LogP contribution is -1.68. The van der Waals surface area contributed by atoms with Gasteiger partial charge in [0, 0.05) is 4.47 Å². The van der Waals surface area contributed by atoms with Gasteiger partial charge in [-0.15, -0.1) is 0 Å². The van der Waals surface area contributed by atoms with Crippen molar-refractivity contribution in [2.24, 2.45) is 0 Å². The Labute approximate surface area is 85.6 Å². The summed E-state index contributed by atoms with van der Waals surface area (Å²) in [6.07, 6.45) is 1.82. The number of benzene rings is 1. The fraction of sp³-hybridized carbons (Fsp3) is 0. The summed E-state index contributed by atoms with van der Waals surface area (Å²) >= 11 is 3.36. The Balaban J connectivity index is 0.000000810. The van der Waals surface area contributed by atoms with E-state index in [9.17, 15) is 0 Å². The zero-order valence-corrected chi connectivity index (χ0v) is 6.56. The Kier molecular flexibility index (Phi) is 5.04. The second-order valence-electron chi connectivity index (χ2n) is 1.76. The van der Waals surface area contributed by atoms with Crippen molar-refractivity contribution in [3.8, 4) is 0 Å². The normalized spacial score (nSPS) is 8.10. The van der Waals surface area contributed by atoms with Gasteiger partial charge in [-0.05, 0) is 17.7 Å². The molecule has 0 saturated heterocycles. The highest BCUT2D eigenvalue weighted by Gasteiger charge is 1.84. The zero-order valence-electron chi connectivity index (χ0n) is 4.97. The van der Waals surface area contributed by atoms with E-state index < -0.39 is 0 Å². The van der Waals surface area contributed by atoms with Crippen LogP contribution in [0.5, 0.6) is 0 Å². The van der Waals surface area contributed by atoms with Gasteiger partial charge < -0.3 is 0 Å². The summed E-state index contributed by atoms with van der Waals surface area (Å²) in [5.74, 6) is 0. The molecule has 1 aromatic carbocycles. The van der Waals surface area contributed by atoms with Crippen LogP contribution < -0.4 is 0 Å². The molecule has 50 valence electrons. The topological polar surface area (TPSA) is 0 Å². The summed E-state index contributed by atoms with van der Waals surface area (Å²) in [7, 11) is 0. The van der Waals surface area contributed by atoms with Crippen molar-refractivity contribution in [3.05, 3.63) is 40.9 Å². The third kappa shape index (κ3) is 2.86. The molecule has 1 aromatic rings. The van der Waals surface area contributed by atoms with Crippen molar-refractivity contribution in [1.82, 2.24) is 0 Å². The summed E-state index contributed by atoms with van der Waals surface area (Å²) in [5.41, 5.74) is 1.14. The van der Waals surface area contributed by atoms with Crippen molar-refractivity contribution in [2.45, 2.75) is 0 Å². The van der Waals surface area contributed by atoms with Crippen molar-refractivity contribution < 1.29 is 0 Å². The molecule has 0 heterocycles. The first-order valence-corrected chi connectivity index (χ1v) is 3.50. The maximum Gasteiger partial charge on any atom is 0.316 e. The SMILES string of the molecule is C=Cc1cccc(Br)c1.[MgH2]. The number of hydrogen-bond acceptors (Lipinski definition) is 0. The first-order valence-electron chi connectivity index (χ1n) is 2.71. The summed E-state index contributed by atoms with van der Waals surface area (Å²) in [5, 5.41) is 0. The van der Waals surface area contributed by atoms with E-state index >= 15 is 0 Å². The van der Waals surface area contributed by atoms with Gasteiger partial charge >= 0.3 is 23.1 Å². The lowest BCUT2D eigenvalue weighted by molar-refractivity contribution is 1.61. The molecular weight excluding hydrogens is 200 g/mol. The van der Waals surface area contributed by atoms with Gasteiger partial charge in [-0.25, -0.2) is 0 Å². The van der Waals surface area contributed by atoms with Crippen LogP contribution in [0.4, 0.5) is 0 Å². The third-order valence-corrected chi connectivity index (χ3v) is 1.58. The fourth-order valence-corrected chi connectivity index (χ4v) is 1.05. The predicted molar refractivity (Wildman–Crippen MR) is 52.8 cm³/mol. The van der Waals surface area contributed by atoms with Crippen LogP contribution in [0.15, 0.2) is 35.3 Å². The second kappa shape index (κ2) is 4.94. The van der Waals surface area contributed by atoms with Crippen LogP contribution in [0, 0.1) is 0 Å². The van der Waals surface area contributed by atoms with Gasteiger partial charge in [0.05, 0.1) is 0 Å². The lowest BCUT2D eigenvalue weighted by atomic mass is 10.2. The second-order valence-corrected chi connectivity index (χ2v) is 2.67. The standard InChI is InChI=1S/C8H7Br.Mg.2H/c1-2-7-4-3-5-8(9)6-7;;;/h2-6H,1H2;;;. The van der Waals surface area contributed by atoms with E-state index in [-0.39, 0.29) is 23.1 Å². The van der Waals surface area contributed by atoms with Gasteiger partial charge in [0.1, 0.15) is 0 Å². The highest BCUT2D eigenvalue weighted by molar-refractivity contribution is 9.10. The fourth-order valence-electron chi connectivity index (χ4n) is 0.634. The van der Waals surface area contributed by atoms with Crippen LogP contribution in [-0.4, -0.2) is 23.1 Å². The van der Waals surface area contributed by atoms with Crippen LogP contribution in [0.2, 0.25) is 0 Å². The van der Waals surface area contributed by atoms with Crippen molar-refractivity contribution >= 4 is 45.1 Å². The van der Waals surface area contributed by atoms with E-state index in [1.54, 1.807) is 0 Å². The Bertz CT molecular complexity index is 220. The minimum atomic E-state index is 0. The molecular formula is C8H9BrMg. The Morgan fingerprint density at radius 2 is 2.10 bits per heavy atom. The van der Waals surface area contributed by atoms with Gasteiger partial charge in [-0.3, -0.25) is 0 Å². The summed E-state index contributed by atoms with van der Waals surface area (Å²) in [6, 6.07) is 8.01. The smallest absolute Gasteiger partial charge is 0.0985 e. The molecule has 1 rings (SSSR count). The molecule has 0 aromatic heterocycles. The van der Waals surface area contributed by atoms with E-state index in [1.807, 2.05) is 30.3 Å². The first kappa shape index (κ1) is 10.2. The van der Waals surface area contributed by atoms with Gasteiger partial charge in [0.25, 0.3) is 0 Å². The van der Waals surface area contributed by atoms with E-state index in [2.05, 4.69) is 22.5 Å². The minimum Gasteiger partial charge on any atom is -0.0985 e. The van der Waals surface area contributed by atoms with Crippen LogP contribution in [-0.2, 0) is 0 Å². The Morgan fingerprint density at radius 3 is 2.50 bits per heavy atom. The molecule has 0 aliphatic rings. The van der Waals surface area contributed by atoms with Crippen LogP contribution in [0.25, 0.3) is 6.08 Å². The van der Waals surface area contributed by atoms with Gasteiger partial charge in [-0.2, -0.15) is 0 Å². The van der Waals surface area contributed by atoms with Gasteiger partial charge in [0.2, 0.25) is 0 Å². The Morgan fingerprint density at radius 1 is 1.40 bits per heavy atom. The van der Waals surface area contributed by atoms with Gasteiger partial charge in [-0.1, -0.05) is 40.7 Å². The molecule has 0 bridgehead atoms. The van der Waals surface area contributed by atoms with Crippen molar-refractivity contribution in [3.63, 3.8) is 0 Å². The minimum absolute atomic E-state index is 0. The molecule has 0 fully saturated rings. The average Bonchev–Trinajstić information content (AvgIpc) is 1.88. The number of rotatable bonds is 1. The lowest BCUT2D eigenvalue weighted by Gasteiger charge is -1.90. The van der Waals surface area contributed by atoms with Crippen LogP contribution >= 0.6 is 15.9 Å². The van der Waals surface area contributed by atoms with Crippen molar-refractivity contribution in [1.29, 1.82) is 0 Å². The monoisotopic (exact) mass is 208 g/mol. The maximum atomic E-state index is 3.65. The molecule has 0 saturated carbocycles. The largest absolute Gasteiger partial charge is 0.316 e. The van der Waals surface area contributed by atoms with E-state index in [4.69, 9.17) is 0 Å². The summed E-state index contributed by atoms with van der Waals surface area (Å²) in [4.78, 5) is 0. The number of hydrogen-bond donors (Lipinski definition) is 0. The molecule has 0 atom stereocenters. The average molecular weight is 209 g/mol. The third-order valence-electron chi connectivity index (χ3n) is 1.08. The maximum absolute atomic E-state index is 3.65. The van der Waals surface area contributed by atoms with E-state index in [0.29, 0.717) is 0 Å². The molecule has 0 aliphatic carbocycles. The molecule has 0 unspecified atom stereocenters. The molecule has 2 heteroatoms. The van der Waals surface area contributed by atoms with Gasteiger partial charge in [0.15, 0.2) is 0 Å². The predicted octanol–water partition coefficient (Wildman–Crippen LogP) is 2.18. The van der Waals surface area contributed by atoms with E-state index in [0.717, 1.165) is 10.0 Å². The molecule has 0 N–H and O–H groups in total. The summed E-state index contributed by atoms with van der Waals surface area (Å²) in [6.45, 7) is 3.65. The highest BCUT2D eigenvalue weighted by atomic mass is 79.9. The summed E-state index contributed by atoms with van der Waals surface area (Å²) < 4.78 is 1.10. The molecule has 0 aliphatic heterocycles.